The van der Waals surface area contributed by atoms with Crippen molar-refractivity contribution in [2.45, 2.75) is 51.2 Å². The van der Waals surface area contributed by atoms with Gasteiger partial charge in [-0.25, -0.2) is 4.79 Å². The van der Waals surface area contributed by atoms with Gasteiger partial charge in [-0.05, 0) is 38.8 Å². The first kappa shape index (κ1) is 17.0. The fourth-order valence-electron chi connectivity index (χ4n) is 4.16. The molecular formula is C17H26N4O3. The Kier molecular flexibility index (Phi) is 4.89. The van der Waals surface area contributed by atoms with E-state index in [-0.39, 0.29) is 24.1 Å². The Morgan fingerprint density at radius 1 is 1.17 bits per heavy atom. The maximum Gasteiger partial charge on any atom is 0.331 e. The highest BCUT2D eigenvalue weighted by molar-refractivity contribution is 5.76. The smallest absolute Gasteiger partial charge is 0.331 e. The SMILES string of the molecule is CCN1CCCC1C1CCCN1C(=O)Cn1ccc(=O)n(C)c1=O. The van der Waals surface area contributed by atoms with Crippen LogP contribution >= 0.6 is 0 Å². The molecule has 0 N–H and O–H groups in total. The molecule has 2 fully saturated rings. The summed E-state index contributed by atoms with van der Waals surface area (Å²) in [6.45, 7) is 5.06. The fraction of sp³-hybridized carbons (Fsp3) is 0.706. The number of likely N-dealkylation sites (tertiary alicyclic amines) is 2. The number of likely N-dealkylation sites (N-methyl/N-ethyl adjacent to an activating group) is 1. The van der Waals surface area contributed by atoms with E-state index in [1.807, 2.05) is 4.90 Å². The van der Waals surface area contributed by atoms with Crippen LogP contribution in [0.15, 0.2) is 21.9 Å². The first-order valence-corrected chi connectivity index (χ1v) is 8.83. The molecule has 7 nitrogen and oxygen atoms in total. The summed E-state index contributed by atoms with van der Waals surface area (Å²) in [4.78, 5) is 40.8. The molecule has 2 aliphatic rings. The molecule has 0 saturated carbocycles. The molecule has 2 saturated heterocycles. The summed E-state index contributed by atoms with van der Waals surface area (Å²) in [7, 11) is 1.43. The third-order valence-corrected chi connectivity index (χ3v) is 5.45. The molecule has 24 heavy (non-hydrogen) atoms. The monoisotopic (exact) mass is 334 g/mol. The van der Waals surface area contributed by atoms with Gasteiger partial charge in [-0.3, -0.25) is 23.6 Å². The van der Waals surface area contributed by atoms with Gasteiger partial charge in [0.25, 0.3) is 5.56 Å². The number of hydrogen-bond donors (Lipinski definition) is 0. The highest BCUT2D eigenvalue weighted by Gasteiger charge is 2.39. The Labute approximate surface area is 141 Å². The van der Waals surface area contributed by atoms with Crippen LogP contribution < -0.4 is 11.2 Å². The van der Waals surface area contributed by atoms with Crippen LogP contribution in [0.1, 0.15) is 32.6 Å². The van der Waals surface area contributed by atoms with Crippen molar-refractivity contribution in [2.24, 2.45) is 7.05 Å². The van der Waals surface area contributed by atoms with E-state index < -0.39 is 5.69 Å². The zero-order valence-corrected chi connectivity index (χ0v) is 14.5. The summed E-state index contributed by atoms with van der Waals surface area (Å²) in [5.41, 5.74) is -0.796. The lowest BCUT2D eigenvalue weighted by Crippen LogP contribution is -2.50. The van der Waals surface area contributed by atoms with Crippen LogP contribution in [0, 0.1) is 0 Å². The lowest BCUT2D eigenvalue weighted by molar-refractivity contribution is -0.133. The van der Waals surface area contributed by atoms with E-state index >= 15 is 0 Å². The van der Waals surface area contributed by atoms with Gasteiger partial charge in [0.2, 0.25) is 5.91 Å². The Hall–Kier alpha value is -1.89. The number of hydrogen-bond acceptors (Lipinski definition) is 4. The molecule has 2 unspecified atom stereocenters. The summed E-state index contributed by atoms with van der Waals surface area (Å²) in [6.07, 6.45) is 5.81. The van der Waals surface area contributed by atoms with Crippen molar-refractivity contribution in [1.82, 2.24) is 18.9 Å². The molecule has 1 aromatic heterocycles. The molecular weight excluding hydrogens is 308 g/mol. The van der Waals surface area contributed by atoms with Crippen LogP contribution in [-0.2, 0) is 18.4 Å². The average Bonchev–Trinajstić information content (AvgIpc) is 3.23. The largest absolute Gasteiger partial charge is 0.337 e. The van der Waals surface area contributed by atoms with Gasteiger partial charge in [0, 0.05) is 37.9 Å². The molecule has 0 radical (unpaired) electrons. The summed E-state index contributed by atoms with van der Waals surface area (Å²) in [5.74, 6) is -0.0267. The average molecular weight is 334 g/mol. The van der Waals surface area contributed by atoms with Crippen molar-refractivity contribution >= 4 is 5.91 Å². The second kappa shape index (κ2) is 6.93. The van der Waals surface area contributed by atoms with Gasteiger partial charge < -0.3 is 4.90 Å². The van der Waals surface area contributed by atoms with Crippen molar-refractivity contribution in [1.29, 1.82) is 0 Å². The van der Waals surface area contributed by atoms with Gasteiger partial charge >= 0.3 is 5.69 Å². The van der Waals surface area contributed by atoms with Crippen molar-refractivity contribution in [3.8, 4) is 0 Å². The maximum atomic E-state index is 12.8. The zero-order valence-electron chi connectivity index (χ0n) is 14.5. The molecule has 7 heteroatoms. The van der Waals surface area contributed by atoms with Gasteiger partial charge in [0.1, 0.15) is 6.54 Å². The number of rotatable bonds is 4. The molecule has 0 bridgehead atoms. The lowest BCUT2D eigenvalue weighted by atomic mass is 10.0. The van der Waals surface area contributed by atoms with Crippen LogP contribution in [0.5, 0.6) is 0 Å². The predicted octanol–water partition coefficient (Wildman–Crippen LogP) is 0.0223. The molecule has 0 spiro atoms. The third kappa shape index (κ3) is 3.05. The molecule has 0 aromatic carbocycles. The second-order valence-electron chi connectivity index (χ2n) is 6.76. The predicted molar refractivity (Wildman–Crippen MR) is 90.9 cm³/mol. The number of nitrogens with zero attached hydrogens (tertiary/aromatic N) is 4. The lowest BCUT2D eigenvalue weighted by Gasteiger charge is -2.34. The van der Waals surface area contributed by atoms with Crippen molar-refractivity contribution in [2.75, 3.05) is 19.6 Å². The Bertz CT molecular complexity index is 723. The van der Waals surface area contributed by atoms with Crippen LogP contribution in [0.3, 0.4) is 0 Å². The maximum absolute atomic E-state index is 12.8. The Morgan fingerprint density at radius 3 is 2.62 bits per heavy atom. The minimum Gasteiger partial charge on any atom is -0.337 e. The minimum absolute atomic E-state index is 0.00228. The number of carbonyl (C=O) groups excluding carboxylic acids is 1. The van der Waals surface area contributed by atoms with Crippen LogP contribution in [0.25, 0.3) is 0 Å². The summed E-state index contributed by atoms with van der Waals surface area (Å²) >= 11 is 0. The highest BCUT2D eigenvalue weighted by Crippen LogP contribution is 2.29. The van der Waals surface area contributed by atoms with E-state index in [0.29, 0.717) is 6.04 Å². The normalized spacial score (nSPS) is 24.7. The van der Waals surface area contributed by atoms with Gasteiger partial charge in [0.05, 0.1) is 0 Å². The van der Waals surface area contributed by atoms with E-state index in [1.54, 1.807) is 0 Å². The first-order valence-electron chi connectivity index (χ1n) is 8.83. The quantitative estimate of drug-likeness (QED) is 0.779. The molecule has 2 atom stereocenters. The number of aromatic nitrogens is 2. The molecule has 132 valence electrons. The highest BCUT2D eigenvalue weighted by atomic mass is 16.2. The summed E-state index contributed by atoms with van der Waals surface area (Å²) in [5, 5.41) is 0. The Balaban J connectivity index is 1.76. The molecule has 0 aliphatic carbocycles. The number of amides is 1. The van der Waals surface area contributed by atoms with E-state index in [4.69, 9.17) is 0 Å². The fourth-order valence-corrected chi connectivity index (χ4v) is 4.16. The van der Waals surface area contributed by atoms with Gasteiger partial charge in [-0.15, -0.1) is 0 Å². The van der Waals surface area contributed by atoms with Crippen molar-refractivity contribution in [3.05, 3.63) is 33.1 Å². The van der Waals surface area contributed by atoms with Crippen LogP contribution in [-0.4, -0.2) is 56.6 Å². The second-order valence-corrected chi connectivity index (χ2v) is 6.76. The molecule has 3 heterocycles. The van der Waals surface area contributed by atoms with E-state index in [0.717, 1.165) is 43.5 Å². The molecule has 1 aromatic rings. The van der Waals surface area contributed by atoms with E-state index in [1.165, 1.54) is 30.3 Å². The first-order chi connectivity index (χ1) is 11.5. The van der Waals surface area contributed by atoms with E-state index in [2.05, 4.69) is 11.8 Å². The standard InChI is InChI=1S/C17H26N4O3/c1-3-19-9-4-6-13(19)14-7-5-10-21(14)16(23)12-20-11-8-15(22)18(2)17(20)24/h8,11,13-14H,3-7,9-10,12H2,1-2H3. The molecule has 3 rings (SSSR count). The van der Waals surface area contributed by atoms with Crippen LogP contribution in [0.2, 0.25) is 0 Å². The topological polar surface area (TPSA) is 67.5 Å². The summed E-state index contributed by atoms with van der Waals surface area (Å²) < 4.78 is 2.36. The Morgan fingerprint density at radius 2 is 1.88 bits per heavy atom. The zero-order chi connectivity index (χ0) is 17.3. The number of carbonyl (C=O) groups is 1. The molecule has 1 amide bonds. The third-order valence-electron chi connectivity index (χ3n) is 5.45. The molecule has 2 aliphatic heterocycles. The van der Waals surface area contributed by atoms with Crippen LogP contribution in [0.4, 0.5) is 0 Å². The summed E-state index contributed by atoms with van der Waals surface area (Å²) in [6, 6.07) is 2.02. The van der Waals surface area contributed by atoms with Crippen molar-refractivity contribution < 1.29 is 4.79 Å². The van der Waals surface area contributed by atoms with Gasteiger partial charge in [0.15, 0.2) is 0 Å². The van der Waals surface area contributed by atoms with Gasteiger partial charge in [-0.1, -0.05) is 6.92 Å². The van der Waals surface area contributed by atoms with E-state index in [9.17, 15) is 14.4 Å². The van der Waals surface area contributed by atoms with Gasteiger partial charge in [-0.2, -0.15) is 0 Å². The van der Waals surface area contributed by atoms with Crippen molar-refractivity contribution in [3.63, 3.8) is 0 Å². The minimum atomic E-state index is -0.442.